The summed E-state index contributed by atoms with van der Waals surface area (Å²) in [6.45, 7) is 5.33. The molecule has 2 rings (SSSR count). The maximum absolute atomic E-state index is 13.8. The molecule has 0 atom stereocenters. The second-order valence-electron chi connectivity index (χ2n) is 5.28. The van der Waals surface area contributed by atoms with Crippen LogP contribution in [0.5, 0.6) is 11.5 Å². The first kappa shape index (κ1) is 19.2. The van der Waals surface area contributed by atoms with E-state index in [1.807, 2.05) is 32.0 Å². The SMILES string of the molecule is CCOc1ccc(CCNC(=O)c2ccc(Br)cc2F)cc1OCC. The predicted octanol–water partition coefficient (Wildman–Crippen LogP) is 4.36. The van der Waals surface area contributed by atoms with E-state index in [1.165, 1.54) is 12.1 Å². The quantitative estimate of drug-likeness (QED) is 0.704. The molecule has 1 amide bonds. The Morgan fingerprint density at radius 1 is 1.08 bits per heavy atom. The topological polar surface area (TPSA) is 47.6 Å². The highest BCUT2D eigenvalue weighted by Crippen LogP contribution is 2.28. The van der Waals surface area contributed by atoms with Gasteiger partial charge in [0, 0.05) is 11.0 Å². The molecule has 2 aromatic carbocycles. The largest absolute Gasteiger partial charge is 0.490 e. The van der Waals surface area contributed by atoms with Gasteiger partial charge in [-0.3, -0.25) is 4.79 Å². The summed E-state index contributed by atoms with van der Waals surface area (Å²) in [7, 11) is 0. The molecule has 134 valence electrons. The molecule has 0 bridgehead atoms. The first-order valence-electron chi connectivity index (χ1n) is 8.17. The fraction of sp³-hybridized carbons (Fsp3) is 0.316. The lowest BCUT2D eigenvalue weighted by atomic mass is 10.1. The minimum atomic E-state index is -0.549. The van der Waals surface area contributed by atoms with Crippen LogP contribution in [-0.2, 0) is 6.42 Å². The fourth-order valence-corrected chi connectivity index (χ4v) is 2.67. The number of ether oxygens (including phenoxy) is 2. The second kappa shape index (κ2) is 9.42. The highest BCUT2D eigenvalue weighted by molar-refractivity contribution is 9.10. The van der Waals surface area contributed by atoms with Crippen LogP contribution in [0.15, 0.2) is 40.9 Å². The van der Waals surface area contributed by atoms with Gasteiger partial charge in [0.15, 0.2) is 11.5 Å². The van der Waals surface area contributed by atoms with Crippen LogP contribution in [-0.4, -0.2) is 25.7 Å². The Morgan fingerprint density at radius 3 is 2.48 bits per heavy atom. The lowest BCUT2D eigenvalue weighted by Gasteiger charge is -2.12. The van der Waals surface area contributed by atoms with Gasteiger partial charge in [-0.15, -0.1) is 0 Å². The van der Waals surface area contributed by atoms with E-state index in [4.69, 9.17) is 9.47 Å². The van der Waals surface area contributed by atoms with Crippen LogP contribution in [0.1, 0.15) is 29.8 Å². The van der Waals surface area contributed by atoms with E-state index in [1.54, 1.807) is 6.07 Å². The minimum Gasteiger partial charge on any atom is -0.490 e. The minimum absolute atomic E-state index is 0.0323. The standard InChI is InChI=1S/C19H21BrFNO3/c1-3-24-17-8-5-13(11-18(17)25-4-2)9-10-22-19(23)15-7-6-14(20)12-16(15)21/h5-8,11-12H,3-4,9-10H2,1-2H3,(H,22,23). The summed E-state index contributed by atoms with van der Waals surface area (Å²) < 4.78 is 25.5. The first-order chi connectivity index (χ1) is 12.0. The number of hydrogen-bond acceptors (Lipinski definition) is 3. The molecule has 0 unspecified atom stereocenters. The number of rotatable bonds is 8. The normalized spacial score (nSPS) is 10.4. The zero-order chi connectivity index (χ0) is 18.2. The van der Waals surface area contributed by atoms with E-state index < -0.39 is 11.7 Å². The molecule has 0 saturated heterocycles. The van der Waals surface area contributed by atoms with Crippen molar-refractivity contribution >= 4 is 21.8 Å². The predicted molar refractivity (Wildman–Crippen MR) is 98.9 cm³/mol. The summed E-state index contributed by atoms with van der Waals surface area (Å²) in [5.41, 5.74) is 1.04. The average molecular weight is 410 g/mol. The summed E-state index contributed by atoms with van der Waals surface area (Å²) in [5, 5.41) is 2.73. The Bertz CT molecular complexity index is 737. The first-order valence-corrected chi connectivity index (χ1v) is 8.96. The second-order valence-corrected chi connectivity index (χ2v) is 6.19. The van der Waals surface area contributed by atoms with E-state index >= 15 is 0 Å². The lowest BCUT2D eigenvalue weighted by molar-refractivity contribution is 0.0950. The van der Waals surface area contributed by atoms with Crippen molar-refractivity contribution in [3.8, 4) is 11.5 Å². The maximum Gasteiger partial charge on any atom is 0.254 e. The van der Waals surface area contributed by atoms with Gasteiger partial charge in [0.05, 0.1) is 18.8 Å². The number of amides is 1. The zero-order valence-electron chi connectivity index (χ0n) is 14.3. The van der Waals surface area contributed by atoms with Crippen molar-refractivity contribution in [2.75, 3.05) is 19.8 Å². The summed E-state index contributed by atoms with van der Waals surface area (Å²) in [6.07, 6.45) is 0.608. The third-order valence-electron chi connectivity index (χ3n) is 3.48. The van der Waals surface area contributed by atoms with Gasteiger partial charge in [0.2, 0.25) is 0 Å². The summed E-state index contributed by atoms with van der Waals surface area (Å²) >= 11 is 3.17. The number of carbonyl (C=O) groups is 1. The van der Waals surface area contributed by atoms with E-state index in [2.05, 4.69) is 21.2 Å². The van der Waals surface area contributed by atoms with Crippen LogP contribution in [0.4, 0.5) is 4.39 Å². The number of nitrogens with one attached hydrogen (secondary N) is 1. The van der Waals surface area contributed by atoms with Crippen molar-refractivity contribution in [1.29, 1.82) is 0 Å². The van der Waals surface area contributed by atoms with Gasteiger partial charge < -0.3 is 14.8 Å². The number of benzene rings is 2. The molecule has 0 aliphatic rings. The van der Waals surface area contributed by atoms with E-state index in [-0.39, 0.29) is 5.56 Å². The van der Waals surface area contributed by atoms with Gasteiger partial charge in [0.1, 0.15) is 5.82 Å². The van der Waals surface area contributed by atoms with Crippen molar-refractivity contribution in [1.82, 2.24) is 5.32 Å². The monoisotopic (exact) mass is 409 g/mol. The molecule has 0 aromatic heterocycles. The van der Waals surface area contributed by atoms with Crippen LogP contribution in [0.25, 0.3) is 0 Å². The van der Waals surface area contributed by atoms with Crippen LogP contribution in [0.3, 0.4) is 0 Å². The molecule has 0 radical (unpaired) electrons. The van der Waals surface area contributed by atoms with Gasteiger partial charge >= 0.3 is 0 Å². The van der Waals surface area contributed by atoms with Gasteiger partial charge in [-0.05, 0) is 56.2 Å². The summed E-state index contributed by atoms with van der Waals surface area (Å²) in [4.78, 5) is 12.1. The van der Waals surface area contributed by atoms with Crippen LogP contribution in [0, 0.1) is 5.82 Å². The van der Waals surface area contributed by atoms with Crippen molar-refractivity contribution in [3.05, 3.63) is 57.8 Å². The third-order valence-corrected chi connectivity index (χ3v) is 3.98. The van der Waals surface area contributed by atoms with Gasteiger partial charge in [-0.1, -0.05) is 22.0 Å². The van der Waals surface area contributed by atoms with E-state index in [0.29, 0.717) is 42.2 Å². The Kier molecular flexibility index (Phi) is 7.25. The van der Waals surface area contributed by atoms with E-state index in [9.17, 15) is 9.18 Å². The Hall–Kier alpha value is -2.08. The summed E-state index contributed by atoms with van der Waals surface area (Å²) in [5.74, 6) is 0.411. The fourth-order valence-electron chi connectivity index (χ4n) is 2.34. The number of halogens is 2. The molecule has 25 heavy (non-hydrogen) atoms. The molecular formula is C19H21BrFNO3. The van der Waals surface area contributed by atoms with Gasteiger partial charge in [-0.2, -0.15) is 0 Å². The molecule has 0 fully saturated rings. The molecule has 2 aromatic rings. The smallest absolute Gasteiger partial charge is 0.254 e. The molecule has 4 nitrogen and oxygen atoms in total. The molecular weight excluding hydrogens is 389 g/mol. The number of carbonyl (C=O) groups excluding carboxylic acids is 1. The molecule has 1 N–H and O–H groups in total. The number of hydrogen-bond donors (Lipinski definition) is 1. The van der Waals surface area contributed by atoms with Crippen molar-refractivity contribution in [3.63, 3.8) is 0 Å². The van der Waals surface area contributed by atoms with Crippen molar-refractivity contribution in [2.45, 2.75) is 20.3 Å². The Labute approximate surface area is 155 Å². The third kappa shape index (κ3) is 5.46. The molecule has 0 saturated carbocycles. The van der Waals surface area contributed by atoms with Crippen molar-refractivity contribution in [2.24, 2.45) is 0 Å². The van der Waals surface area contributed by atoms with Crippen molar-refractivity contribution < 1.29 is 18.7 Å². The molecule has 0 aliphatic carbocycles. The molecule has 0 spiro atoms. The Balaban J connectivity index is 1.96. The van der Waals surface area contributed by atoms with Crippen LogP contribution >= 0.6 is 15.9 Å². The maximum atomic E-state index is 13.8. The van der Waals surface area contributed by atoms with Gasteiger partial charge in [0.25, 0.3) is 5.91 Å². The molecule has 0 aliphatic heterocycles. The Morgan fingerprint density at radius 2 is 1.80 bits per heavy atom. The van der Waals surface area contributed by atoms with Crippen LogP contribution in [0.2, 0.25) is 0 Å². The lowest BCUT2D eigenvalue weighted by Crippen LogP contribution is -2.26. The highest BCUT2D eigenvalue weighted by Gasteiger charge is 2.12. The average Bonchev–Trinajstić information content (AvgIpc) is 2.57. The summed E-state index contributed by atoms with van der Waals surface area (Å²) in [6, 6.07) is 10.1. The molecule has 0 heterocycles. The molecule has 6 heteroatoms. The highest BCUT2D eigenvalue weighted by atomic mass is 79.9. The van der Waals surface area contributed by atoms with Crippen LogP contribution < -0.4 is 14.8 Å². The van der Waals surface area contributed by atoms with E-state index in [0.717, 1.165) is 5.56 Å². The van der Waals surface area contributed by atoms with Gasteiger partial charge in [-0.25, -0.2) is 4.39 Å². The zero-order valence-corrected chi connectivity index (χ0v) is 15.9.